The Bertz CT molecular complexity index is 1060. The standard InChI is InChI=1S/C25H28Cl4N4O2/c26-20-7-4-18(16-22(20)28)5-9-24(34)30-10-1-2-11-32-12-3-13-33(15-14-32)25(35)31-19-6-8-21(27)23(29)17-19/h4-9,16-17H,1-3,10-15H2,(H,30,34)(H,31,35)/b9-5+. The Morgan fingerprint density at radius 3 is 2.34 bits per heavy atom. The van der Waals surface area contributed by atoms with Crippen LogP contribution in [0.4, 0.5) is 10.5 Å². The zero-order valence-electron chi connectivity index (χ0n) is 19.2. The Labute approximate surface area is 226 Å². The first-order chi connectivity index (χ1) is 16.8. The van der Waals surface area contributed by atoms with E-state index in [0.29, 0.717) is 45.4 Å². The predicted molar refractivity (Wildman–Crippen MR) is 146 cm³/mol. The lowest BCUT2D eigenvalue weighted by atomic mass is 10.2. The summed E-state index contributed by atoms with van der Waals surface area (Å²) in [5, 5.41) is 7.59. The maximum Gasteiger partial charge on any atom is 0.321 e. The Hall–Kier alpha value is -1.96. The zero-order valence-corrected chi connectivity index (χ0v) is 22.2. The van der Waals surface area contributed by atoms with E-state index < -0.39 is 0 Å². The van der Waals surface area contributed by atoms with E-state index in [9.17, 15) is 9.59 Å². The van der Waals surface area contributed by atoms with Crippen LogP contribution in [-0.2, 0) is 4.79 Å². The van der Waals surface area contributed by atoms with Gasteiger partial charge in [-0.25, -0.2) is 4.79 Å². The summed E-state index contributed by atoms with van der Waals surface area (Å²) in [6, 6.07) is 10.1. The first-order valence-corrected chi connectivity index (χ1v) is 13.0. The molecule has 6 nitrogen and oxygen atoms in total. The molecule has 1 heterocycles. The Kier molecular flexibility index (Phi) is 11.0. The van der Waals surface area contributed by atoms with E-state index in [1.807, 2.05) is 4.90 Å². The van der Waals surface area contributed by atoms with Crippen molar-refractivity contribution < 1.29 is 9.59 Å². The van der Waals surface area contributed by atoms with E-state index in [0.717, 1.165) is 44.5 Å². The fraction of sp³-hybridized carbons (Fsp3) is 0.360. The van der Waals surface area contributed by atoms with Crippen molar-refractivity contribution >= 4 is 70.1 Å². The molecule has 0 aliphatic carbocycles. The van der Waals surface area contributed by atoms with Gasteiger partial charge in [-0.3, -0.25) is 4.79 Å². The van der Waals surface area contributed by atoms with Crippen LogP contribution >= 0.6 is 46.4 Å². The molecule has 1 aliphatic heterocycles. The number of unbranched alkanes of at least 4 members (excludes halogenated alkanes) is 1. The minimum absolute atomic E-state index is 0.137. The van der Waals surface area contributed by atoms with Crippen molar-refractivity contribution in [3.05, 3.63) is 68.1 Å². The molecule has 0 aromatic heterocycles. The highest BCUT2D eigenvalue weighted by Gasteiger charge is 2.19. The van der Waals surface area contributed by atoms with Crippen molar-refractivity contribution in [1.29, 1.82) is 0 Å². The molecule has 35 heavy (non-hydrogen) atoms. The topological polar surface area (TPSA) is 64.7 Å². The van der Waals surface area contributed by atoms with Crippen LogP contribution in [0, 0.1) is 0 Å². The maximum absolute atomic E-state index is 12.6. The Balaban J connectivity index is 1.32. The Morgan fingerprint density at radius 1 is 0.857 bits per heavy atom. The second-order valence-electron chi connectivity index (χ2n) is 8.25. The lowest BCUT2D eigenvalue weighted by Gasteiger charge is -2.22. The van der Waals surface area contributed by atoms with Gasteiger partial charge in [-0.2, -0.15) is 0 Å². The number of nitrogens with one attached hydrogen (secondary N) is 2. The fourth-order valence-corrected chi connectivity index (χ4v) is 4.30. The summed E-state index contributed by atoms with van der Waals surface area (Å²) in [6.45, 7) is 4.64. The van der Waals surface area contributed by atoms with Crippen LogP contribution in [0.25, 0.3) is 6.08 Å². The summed E-state index contributed by atoms with van der Waals surface area (Å²) in [6.07, 6.45) is 5.95. The normalized spacial score (nSPS) is 14.7. The first kappa shape index (κ1) is 27.6. The molecule has 2 aromatic carbocycles. The smallest absolute Gasteiger partial charge is 0.321 e. The maximum atomic E-state index is 12.6. The number of hydrogen-bond acceptors (Lipinski definition) is 3. The van der Waals surface area contributed by atoms with E-state index >= 15 is 0 Å². The number of urea groups is 1. The van der Waals surface area contributed by atoms with E-state index in [1.165, 1.54) is 6.08 Å². The second-order valence-corrected chi connectivity index (χ2v) is 9.88. The van der Waals surface area contributed by atoms with E-state index in [-0.39, 0.29) is 11.9 Å². The zero-order chi connectivity index (χ0) is 25.2. The van der Waals surface area contributed by atoms with Crippen LogP contribution in [0.2, 0.25) is 20.1 Å². The largest absolute Gasteiger partial charge is 0.353 e. The molecule has 0 radical (unpaired) electrons. The number of carbonyl (C=O) groups excluding carboxylic acids is 2. The molecule has 1 fully saturated rings. The number of amides is 3. The SMILES string of the molecule is O=C(/C=C/c1ccc(Cl)c(Cl)c1)NCCCCN1CCCN(C(=O)Nc2ccc(Cl)c(Cl)c2)CC1. The molecular formula is C25H28Cl4N4O2. The molecule has 1 saturated heterocycles. The summed E-state index contributed by atoms with van der Waals surface area (Å²) in [5.74, 6) is -0.144. The fourth-order valence-electron chi connectivity index (χ4n) is 3.69. The van der Waals surface area contributed by atoms with Crippen LogP contribution in [0.1, 0.15) is 24.8 Å². The predicted octanol–water partition coefficient (Wildman–Crippen LogP) is 6.45. The molecule has 2 aromatic rings. The van der Waals surface area contributed by atoms with Gasteiger partial charge in [0.25, 0.3) is 0 Å². The molecule has 3 amide bonds. The highest BCUT2D eigenvalue weighted by Crippen LogP contribution is 2.25. The van der Waals surface area contributed by atoms with Crippen LogP contribution < -0.4 is 10.6 Å². The highest BCUT2D eigenvalue weighted by atomic mass is 35.5. The second kappa shape index (κ2) is 14.0. The van der Waals surface area contributed by atoms with Gasteiger partial charge < -0.3 is 20.4 Å². The average Bonchev–Trinajstić information content (AvgIpc) is 3.08. The van der Waals surface area contributed by atoms with Crippen LogP contribution in [0.3, 0.4) is 0 Å². The summed E-state index contributed by atoms with van der Waals surface area (Å²) in [5.41, 5.74) is 1.44. The van der Waals surface area contributed by atoms with Crippen molar-refractivity contribution in [2.75, 3.05) is 44.6 Å². The molecule has 188 valence electrons. The summed E-state index contributed by atoms with van der Waals surface area (Å²) < 4.78 is 0. The molecule has 0 unspecified atom stereocenters. The van der Waals surface area contributed by atoms with Crippen molar-refractivity contribution in [3.63, 3.8) is 0 Å². The lowest BCUT2D eigenvalue weighted by Crippen LogP contribution is -2.38. The molecule has 10 heteroatoms. The van der Waals surface area contributed by atoms with Gasteiger partial charge in [0.05, 0.1) is 20.1 Å². The minimum atomic E-state index is -0.144. The van der Waals surface area contributed by atoms with Crippen molar-refractivity contribution in [2.24, 2.45) is 0 Å². The summed E-state index contributed by atoms with van der Waals surface area (Å²) in [7, 11) is 0. The van der Waals surface area contributed by atoms with Crippen LogP contribution in [0.15, 0.2) is 42.5 Å². The quantitative estimate of drug-likeness (QED) is 0.289. The van der Waals surface area contributed by atoms with Crippen molar-refractivity contribution in [1.82, 2.24) is 15.1 Å². The van der Waals surface area contributed by atoms with Crippen LogP contribution in [0.5, 0.6) is 0 Å². The van der Waals surface area contributed by atoms with Gasteiger partial charge in [0.1, 0.15) is 0 Å². The monoisotopic (exact) mass is 556 g/mol. The Morgan fingerprint density at radius 2 is 1.60 bits per heavy atom. The summed E-state index contributed by atoms with van der Waals surface area (Å²) in [4.78, 5) is 28.8. The van der Waals surface area contributed by atoms with E-state index in [1.54, 1.807) is 42.5 Å². The number of rotatable bonds is 8. The number of carbonyl (C=O) groups is 2. The molecule has 0 saturated carbocycles. The number of hydrogen-bond donors (Lipinski definition) is 2. The van der Waals surface area contributed by atoms with E-state index in [2.05, 4.69) is 15.5 Å². The molecule has 0 atom stereocenters. The van der Waals surface area contributed by atoms with Gasteiger partial charge in [0.2, 0.25) is 5.91 Å². The molecule has 1 aliphatic rings. The van der Waals surface area contributed by atoms with Gasteiger partial charge in [-0.1, -0.05) is 52.5 Å². The van der Waals surface area contributed by atoms with Crippen molar-refractivity contribution in [2.45, 2.75) is 19.3 Å². The van der Waals surface area contributed by atoms with Gasteiger partial charge in [0.15, 0.2) is 0 Å². The number of halogens is 4. The number of benzene rings is 2. The first-order valence-electron chi connectivity index (χ1n) is 11.5. The van der Waals surface area contributed by atoms with Crippen LogP contribution in [-0.4, -0.2) is 61.0 Å². The third-order valence-electron chi connectivity index (χ3n) is 5.62. The molecule has 0 spiro atoms. The molecule has 2 N–H and O–H groups in total. The molecule has 3 rings (SSSR count). The van der Waals surface area contributed by atoms with Gasteiger partial charge >= 0.3 is 6.03 Å². The summed E-state index contributed by atoms with van der Waals surface area (Å²) >= 11 is 23.9. The average molecular weight is 558 g/mol. The van der Waals surface area contributed by atoms with E-state index in [4.69, 9.17) is 46.4 Å². The lowest BCUT2D eigenvalue weighted by molar-refractivity contribution is -0.116. The minimum Gasteiger partial charge on any atom is -0.353 e. The number of nitrogens with zero attached hydrogens (tertiary/aromatic N) is 2. The highest BCUT2D eigenvalue weighted by molar-refractivity contribution is 6.42. The third-order valence-corrected chi connectivity index (χ3v) is 7.10. The molecular weight excluding hydrogens is 530 g/mol. The van der Waals surface area contributed by atoms with Gasteiger partial charge in [0, 0.05) is 37.9 Å². The number of anilines is 1. The van der Waals surface area contributed by atoms with Crippen molar-refractivity contribution in [3.8, 4) is 0 Å². The van der Waals surface area contributed by atoms with Gasteiger partial charge in [-0.05, 0) is 74.3 Å². The van der Waals surface area contributed by atoms with Gasteiger partial charge in [-0.15, -0.1) is 0 Å². The molecule has 0 bridgehead atoms. The third kappa shape index (κ3) is 9.21.